The first kappa shape index (κ1) is 14.1. The van der Waals surface area contributed by atoms with Crippen molar-refractivity contribution in [1.29, 1.82) is 0 Å². The van der Waals surface area contributed by atoms with Crippen LogP contribution in [0.25, 0.3) is 0 Å². The van der Waals surface area contributed by atoms with E-state index in [4.69, 9.17) is 4.84 Å². The van der Waals surface area contributed by atoms with Gasteiger partial charge in [-0.2, -0.15) is 0 Å². The Morgan fingerprint density at radius 3 is 2.50 bits per heavy atom. The molecule has 0 amide bonds. The van der Waals surface area contributed by atoms with Gasteiger partial charge in [0.25, 0.3) is 0 Å². The van der Waals surface area contributed by atoms with Crippen LogP contribution in [0.15, 0.2) is 35.5 Å². The predicted octanol–water partition coefficient (Wildman–Crippen LogP) is 2.98. The minimum atomic E-state index is -0.557. The van der Waals surface area contributed by atoms with Crippen molar-refractivity contribution >= 4 is 17.5 Å². The molecular weight excluding hydrogens is 230 g/mol. The van der Waals surface area contributed by atoms with Gasteiger partial charge < -0.3 is 4.84 Å². The second-order valence-corrected chi connectivity index (χ2v) is 3.95. The zero-order valence-corrected chi connectivity index (χ0v) is 10.7. The summed E-state index contributed by atoms with van der Waals surface area (Å²) in [4.78, 5) is 27.8. The second kappa shape index (κ2) is 7.37. The number of hydrogen-bond donors (Lipinski definition) is 0. The molecule has 0 aliphatic carbocycles. The summed E-state index contributed by atoms with van der Waals surface area (Å²) in [5, 5.41) is 3.57. The molecule has 0 radical (unpaired) electrons. The van der Waals surface area contributed by atoms with E-state index in [1.54, 1.807) is 37.3 Å². The number of oxime groups is 1. The Morgan fingerprint density at radius 2 is 1.89 bits per heavy atom. The van der Waals surface area contributed by atoms with E-state index in [2.05, 4.69) is 5.16 Å². The topological polar surface area (TPSA) is 55.7 Å². The molecule has 0 atom stereocenters. The van der Waals surface area contributed by atoms with Crippen LogP contribution in [-0.2, 0) is 9.63 Å². The van der Waals surface area contributed by atoms with Crippen LogP contribution in [0.4, 0.5) is 0 Å². The van der Waals surface area contributed by atoms with Crippen molar-refractivity contribution in [2.45, 2.75) is 33.1 Å². The zero-order valence-electron chi connectivity index (χ0n) is 10.7. The molecule has 96 valence electrons. The largest absolute Gasteiger partial charge is 0.365 e. The maximum absolute atomic E-state index is 11.5. The molecule has 0 unspecified atom stereocenters. The number of nitrogens with zero attached hydrogens (tertiary/aromatic N) is 1. The maximum atomic E-state index is 11.5. The van der Waals surface area contributed by atoms with Gasteiger partial charge in [0.1, 0.15) is 5.71 Å². The molecule has 0 heterocycles. The number of Topliss-reactive ketones (excluding diaryl/α,β-unsaturated/α-hetero) is 1. The Hall–Kier alpha value is -1.97. The molecule has 4 heteroatoms. The minimum absolute atomic E-state index is 0.0855. The van der Waals surface area contributed by atoms with Crippen LogP contribution in [0, 0.1) is 0 Å². The number of benzene rings is 1. The smallest absolute Gasteiger partial charge is 0.312 e. The molecule has 18 heavy (non-hydrogen) atoms. The number of carbonyl (C=O) groups excluding carboxylic acids is 2. The lowest BCUT2D eigenvalue weighted by Gasteiger charge is -2.00. The highest BCUT2D eigenvalue weighted by atomic mass is 16.7. The average molecular weight is 247 g/mol. The highest BCUT2D eigenvalue weighted by Crippen LogP contribution is 2.02. The Kier molecular flexibility index (Phi) is 5.77. The SMILES string of the molecule is CCCCC(=O)C(C)=NOC(=O)c1ccccc1. The fourth-order valence-corrected chi connectivity index (χ4v) is 1.31. The number of carbonyl (C=O) groups is 2. The molecule has 0 aromatic heterocycles. The quantitative estimate of drug-likeness (QED) is 0.441. The van der Waals surface area contributed by atoms with E-state index in [-0.39, 0.29) is 11.5 Å². The molecule has 1 aromatic carbocycles. The normalized spacial score (nSPS) is 11.1. The van der Waals surface area contributed by atoms with E-state index in [0.29, 0.717) is 12.0 Å². The Morgan fingerprint density at radius 1 is 1.22 bits per heavy atom. The van der Waals surface area contributed by atoms with Crippen LogP contribution < -0.4 is 0 Å². The van der Waals surface area contributed by atoms with Gasteiger partial charge in [-0.1, -0.05) is 36.7 Å². The number of ketones is 1. The van der Waals surface area contributed by atoms with Crippen molar-refractivity contribution in [3.8, 4) is 0 Å². The lowest BCUT2D eigenvalue weighted by Crippen LogP contribution is -2.11. The zero-order chi connectivity index (χ0) is 13.4. The highest BCUT2D eigenvalue weighted by molar-refractivity contribution is 6.38. The highest BCUT2D eigenvalue weighted by Gasteiger charge is 2.09. The van der Waals surface area contributed by atoms with Gasteiger partial charge in [-0.25, -0.2) is 4.79 Å². The molecule has 0 bridgehead atoms. The molecule has 4 nitrogen and oxygen atoms in total. The predicted molar refractivity (Wildman–Crippen MR) is 69.5 cm³/mol. The van der Waals surface area contributed by atoms with Crippen molar-refractivity contribution in [3.05, 3.63) is 35.9 Å². The average Bonchev–Trinajstić information content (AvgIpc) is 2.42. The molecule has 1 aromatic rings. The molecule has 1 rings (SSSR count). The van der Waals surface area contributed by atoms with Crippen LogP contribution in [0.1, 0.15) is 43.5 Å². The summed E-state index contributed by atoms with van der Waals surface area (Å²) < 4.78 is 0. The minimum Gasteiger partial charge on any atom is -0.312 e. The summed E-state index contributed by atoms with van der Waals surface area (Å²) in [5.41, 5.74) is 0.641. The first-order chi connectivity index (χ1) is 8.65. The maximum Gasteiger partial charge on any atom is 0.365 e. The van der Waals surface area contributed by atoms with E-state index in [1.807, 2.05) is 6.92 Å². The molecule has 0 N–H and O–H groups in total. The standard InChI is InChI=1S/C14H17NO3/c1-3-4-10-13(16)11(2)15-18-14(17)12-8-6-5-7-9-12/h5-9H,3-4,10H2,1-2H3. The Bertz CT molecular complexity index is 438. The van der Waals surface area contributed by atoms with Gasteiger partial charge in [-0.3, -0.25) is 4.79 Å². The third-order valence-corrected chi connectivity index (χ3v) is 2.44. The lowest BCUT2D eigenvalue weighted by atomic mass is 10.1. The molecule has 0 aliphatic heterocycles. The summed E-state index contributed by atoms with van der Waals surface area (Å²) in [5.74, 6) is -0.643. The summed E-state index contributed by atoms with van der Waals surface area (Å²) >= 11 is 0. The third kappa shape index (κ3) is 4.49. The van der Waals surface area contributed by atoms with Crippen LogP contribution in [0.3, 0.4) is 0 Å². The second-order valence-electron chi connectivity index (χ2n) is 3.95. The van der Waals surface area contributed by atoms with Crippen molar-refractivity contribution in [3.63, 3.8) is 0 Å². The van der Waals surface area contributed by atoms with E-state index in [0.717, 1.165) is 12.8 Å². The van der Waals surface area contributed by atoms with Gasteiger partial charge in [-0.05, 0) is 25.5 Å². The summed E-state index contributed by atoms with van der Waals surface area (Å²) in [6, 6.07) is 8.54. The Labute approximate surface area is 107 Å². The van der Waals surface area contributed by atoms with Crippen LogP contribution in [0.5, 0.6) is 0 Å². The van der Waals surface area contributed by atoms with Crippen LogP contribution >= 0.6 is 0 Å². The summed E-state index contributed by atoms with van der Waals surface area (Å²) in [7, 11) is 0. The summed E-state index contributed by atoms with van der Waals surface area (Å²) in [6.45, 7) is 3.56. The van der Waals surface area contributed by atoms with Crippen LogP contribution in [0.2, 0.25) is 0 Å². The van der Waals surface area contributed by atoms with Gasteiger partial charge in [0.15, 0.2) is 5.78 Å². The van der Waals surface area contributed by atoms with Crippen LogP contribution in [-0.4, -0.2) is 17.5 Å². The van der Waals surface area contributed by atoms with Gasteiger partial charge in [-0.15, -0.1) is 0 Å². The van der Waals surface area contributed by atoms with Gasteiger partial charge >= 0.3 is 5.97 Å². The number of rotatable bonds is 6. The molecule has 0 saturated carbocycles. The van der Waals surface area contributed by atoms with Gasteiger partial charge in [0.2, 0.25) is 0 Å². The fraction of sp³-hybridized carbons (Fsp3) is 0.357. The van der Waals surface area contributed by atoms with Crippen molar-refractivity contribution in [1.82, 2.24) is 0 Å². The summed E-state index contributed by atoms with van der Waals surface area (Å²) in [6.07, 6.45) is 2.20. The molecule has 0 spiro atoms. The fourth-order valence-electron chi connectivity index (χ4n) is 1.31. The van der Waals surface area contributed by atoms with E-state index in [9.17, 15) is 9.59 Å². The molecule has 0 saturated heterocycles. The van der Waals surface area contributed by atoms with E-state index >= 15 is 0 Å². The van der Waals surface area contributed by atoms with E-state index < -0.39 is 5.97 Å². The molecule has 0 fully saturated rings. The van der Waals surface area contributed by atoms with Crippen molar-refractivity contribution in [2.75, 3.05) is 0 Å². The molecular formula is C14H17NO3. The van der Waals surface area contributed by atoms with Crippen molar-refractivity contribution in [2.24, 2.45) is 5.16 Å². The van der Waals surface area contributed by atoms with Gasteiger partial charge in [0, 0.05) is 6.42 Å². The monoisotopic (exact) mass is 247 g/mol. The third-order valence-electron chi connectivity index (χ3n) is 2.44. The lowest BCUT2D eigenvalue weighted by molar-refractivity contribution is -0.113. The van der Waals surface area contributed by atoms with Gasteiger partial charge in [0.05, 0.1) is 5.56 Å². The molecule has 0 aliphatic rings. The van der Waals surface area contributed by atoms with E-state index in [1.165, 1.54) is 0 Å². The Balaban J connectivity index is 2.53. The number of unbranched alkanes of at least 4 members (excludes halogenated alkanes) is 1. The van der Waals surface area contributed by atoms with Crippen molar-refractivity contribution < 1.29 is 14.4 Å². The number of hydrogen-bond acceptors (Lipinski definition) is 4. The first-order valence-corrected chi connectivity index (χ1v) is 5.99. The first-order valence-electron chi connectivity index (χ1n) is 5.99.